The summed E-state index contributed by atoms with van der Waals surface area (Å²) in [5.74, 6) is 2.22. The lowest BCUT2D eigenvalue weighted by Gasteiger charge is -2.31. The second kappa shape index (κ2) is 5.18. The number of nitrogens with two attached hydrogens (primary N) is 1. The maximum Gasteiger partial charge on any atom is 0.138 e. The third-order valence-corrected chi connectivity index (χ3v) is 3.68. The molecule has 0 aromatic heterocycles. The number of ether oxygens (including phenoxy) is 1. The van der Waals surface area contributed by atoms with Crippen molar-refractivity contribution in [3.8, 4) is 5.75 Å². The third kappa shape index (κ3) is 3.29. The van der Waals surface area contributed by atoms with E-state index in [1.165, 1.54) is 6.42 Å². The van der Waals surface area contributed by atoms with Crippen LogP contribution in [0.1, 0.15) is 33.1 Å². The van der Waals surface area contributed by atoms with Crippen LogP contribution in [0.3, 0.4) is 0 Å². The topological polar surface area (TPSA) is 35.2 Å². The first-order valence-corrected chi connectivity index (χ1v) is 6.64. The lowest BCUT2D eigenvalue weighted by atomic mass is 9.82. The van der Waals surface area contributed by atoms with Crippen LogP contribution in [0, 0.1) is 11.8 Å². The molecule has 0 amide bonds. The number of benzene rings is 1. The zero-order valence-corrected chi connectivity index (χ0v) is 11.2. The fraction of sp³-hybridized carbons (Fsp3) is 0.571. The highest BCUT2D eigenvalue weighted by atomic mass is 35.5. The van der Waals surface area contributed by atoms with E-state index in [1.54, 1.807) is 6.07 Å². The zero-order valence-electron chi connectivity index (χ0n) is 10.4. The second-order valence-electron chi connectivity index (χ2n) is 5.35. The van der Waals surface area contributed by atoms with Crippen molar-refractivity contribution in [3.63, 3.8) is 0 Å². The minimum absolute atomic E-state index is 0.287. The SMILES string of the molecule is CC1CC(C)CC(Oc2ccc(N)cc2Cl)C1. The van der Waals surface area contributed by atoms with Crippen LogP contribution in [-0.4, -0.2) is 6.10 Å². The minimum Gasteiger partial charge on any atom is -0.489 e. The Morgan fingerprint density at radius 2 is 1.82 bits per heavy atom. The number of anilines is 1. The van der Waals surface area contributed by atoms with Crippen molar-refractivity contribution in [1.29, 1.82) is 0 Å². The van der Waals surface area contributed by atoms with Gasteiger partial charge in [0.25, 0.3) is 0 Å². The van der Waals surface area contributed by atoms with Crippen LogP contribution in [0.25, 0.3) is 0 Å². The van der Waals surface area contributed by atoms with Crippen molar-refractivity contribution in [2.45, 2.75) is 39.2 Å². The zero-order chi connectivity index (χ0) is 12.4. The number of nitrogen functional groups attached to an aromatic ring is 1. The van der Waals surface area contributed by atoms with Crippen LogP contribution in [0.2, 0.25) is 5.02 Å². The summed E-state index contributed by atoms with van der Waals surface area (Å²) in [7, 11) is 0. The maximum absolute atomic E-state index is 6.12. The Balaban J connectivity index is 2.04. The largest absolute Gasteiger partial charge is 0.489 e. The summed E-state index contributed by atoms with van der Waals surface area (Å²) in [5.41, 5.74) is 6.34. The number of halogens is 1. The Hall–Kier alpha value is -0.890. The molecular formula is C14H20ClNO. The molecule has 0 heterocycles. The smallest absolute Gasteiger partial charge is 0.138 e. The Kier molecular flexibility index (Phi) is 3.82. The Morgan fingerprint density at radius 3 is 2.41 bits per heavy atom. The van der Waals surface area contributed by atoms with Gasteiger partial charge in [-0.25, -0.2) is 0 Å². The third-order valence-electron chi connectivity index (χ3n) is 3.38. The molecule has 94 valence electrons. The number of hydrogen-bond donors (Lipinski definition) is 1. The van der Waals surface area contributed by atoms with Gasteiger partial charge >= 0.3 is 0 Å². The lowest BCUT2D eigenvalue weighted by Crippen LogP contribution is -2.28. The van der Waals surface area contributed by atoms with E-state index in [1.807, 2.05) is 12.1 Å². The molecule has 2 nitrogen and oxygen atoms in total. The second-order valence-corrected chi connectivity index (χ2v) is 5.75. The molecule has 0 aliphatic heterocycles. The van der Waals surface area contributed by atoms with Gasteiger partial charge in [-0.1, -0.05) is 25.4 Å². The van der Waals surface area contributed by atoms with E-state index in [9.17, 15) is 0 Å². The predicted molar refractivity (Wildman–Crippen MR) is 72.5 cm³/mol. The highest BCUT2D eigenvalue weighted by molar-refractivity contribution is 6.32. The molecule has 0 spiro atoms. The Morgan fingerprint density at radius 1 is 1.18 bits per heavy atom. The van der Waals surface area contributed by atoms with Gasteiger partial charge in [0.2, 0.25) is 0 Å². The van der Waals surface area contributed by atoms with Crippen LogP contribution in [0.15, 0.2) is 18.2 Å². The predicted octanol–water partition coefficient (Wildman–Crippen LogP) is 4.13. The summed E-state index contributed by atoms with van der Waals surface area (Å²) in [6.07, 6.45) is 3.82. The van der Waals surface area contributed by atoms with Gasteiger partial charge in [-0.3, -0.25) is 0 Å². The standard InChI is InChI=1S/C14H20ClNO/c1-9-5-10(2)7-12(6-9)17-14-4-3-11(16)8-13(14)15/h3-4,8-10,12H,5-7,16H2,1-2H3. The first-order valence-electron chi connectivity index (χ1n) is 6.26. The fourth-order valence-electron chi connectivity index (χ4n) is 2.76. The van der Waals surface area contributed by atoms with Gasteiger partial charge in [0, 0.05) is 5.69 Å². The van der Waals surface area contributed by atoms with E-state index >= 15 is 0 Å². The van der Waals surface area contributed by atoms with E-state index in [0.717, 1.165) is 30.4 Å². The van der Waals surface area contributed by atoms with Crippen molar-refractivity contribution in [1.82, 2.24) is 0 Å². The van der Waals surface area contributed by atoms with Crippen molar-refractivity contribution >= 4 is 17.3 Å². The van der Waals surface area contributed by atoms with Gasteiger partial charge in [0.05, 0.1) is 11.1 Å². The monoisotopic (exact) mass is 253 g/mol. The average molecular weight is 254 g/mol. The molecule has 1 aromatic rings. The summed E-state index contributed by atoms with van der Waals surface area (Å²) in [5, 5.41) is 0.607. The average Bonchev–Trinajstić information content (AvgIpc) is 2.21. The van der Waals surface area contributed by atoms with Crippen molar-refractivity contribution in [3.05, 3.63) is 23.2 Å². The molecule has 1 fully saturated rings. The molecule has 0 bridgehead atoms. The molecule has 2 unspecified atom stereocenters. The van der Waals surface area contributed by atoms with Crippen LogP contribution >= 0.6 is 11.6 Å². The molecule has 1 aromatic carbocycles. The quantitative estimate of drug-likeness (QED) is 0.805. The van der Waals surface area contributed by atoms with E-state index in [0.29, 0.717) is 10.7 Å². The summed E-state index contributed by atoms with van der Waals surface area (Å²) < 4.78 is 5.99. The van der Waals surface area contributed by atoms with Crippen molar-refractivity contribution in [2.24, 2.45) is 11.8 Å². The van der Waals surface area contributed by atoms with Crippen LogP contribution in [-0.2, 0) is 0 Å². The summed E-state index contributed by atoms with van der Waals surface area (Å²) in [4.78, 5) is 0. The van der Waals surface area contributed by atoms with Gasteiger partial charge in [-0.2, -0.15) is 0 Å². The summed E-state index contributed by atoms with van der Waals surface area (Å²) >= 11 is 6.12. The maximum atomic E-state index is 6.12. The highest BCUT2D eigenvalue weighted by Crippen LogP contribution is 2.34. The molecule has 2 atom stereocenters. The molecule has 1 saturated carbocycles. The summed E-state index contributed by atoms with van der Waals surface area (Å²) in [6.45, 7) is 4.58. The Labute approximate surface area is 108 Å². The first-order chi connectivity index (χ1) is 8.04. The number of hydrogen-bond acceptors (Lipinski definition) is 2. The van der Waals surface area contributed by atoms with Gasteiger partial charge in [0.15, 0.2) is 0 Å². The van der Waals surface area contributed by atoms with Crippen molar-refractivity contribution in [2.75, 3.05) is 5.73 Å². The molecule has 1 aliphatic rings. The fourth-order valence-corrected chi connectivity index (χ4v) is 3.00. The van der Waals surface area contributed by atoms with E-state index in [-0.39, 0.29) is 6.10 Å². The molecule has 17 heavy (non-hydrogen) atoms. The molecule has 0 radical (unpaired) electrons. The molecule has 1 aliphatic carbocycles. The van der Waals surface area contributed by atoms with Gasteiger partial charge < -0.3 is 10.5 Å². The molecule has 0 saturated heterocycles. The normalized spacial score (nSPS) is 29.0. The van der Waals surface area contributed by atoms with E-state index in [2.05, 4.69) is 13.8 Å². The van der Waals surface area contributed by atoms with E-state index < -0.39 is 0 Å². The van der Waals surface area contributed by atoms with Crippen LogP contribution in [0.5, 0.6) is 5.75 Å². The molecule has 3 heteroatoms. The van der Waals surface area contributed by atoms with Crippen LogP contribution < -0.4 is 10.5 Å². The molecule has 2 rings (SSSR count). The van der Waals surface area contributed by atoms with Gasteiger partial charge in [-0.05, 0) is 49.3 Å². The highest BCUT2D eigenvalue weighted by Gasteiger charge is 2.25. The Bertz CT molecular complexity index is 384. The minimum atomic E-state index is 0.287. The van der Waals surface area contributed by atoms with Gasteiger partial charge in [0.1, 0.15) is 5.75 Å². The van der Waals surface area contributed by atoms with Gasteiger partial charge in [-0.15, -0.1) is 0 Å². The summed E-state index contributed by atoms with van der Waals surface area (Å²) in [6, 6.07) is 5.44. The molecular weight excluding hydrogens is 234 g/mol. The number of rotatable bonds is 2. The molecule has 2 N–H and O–H groups in total. The first kappa shape index (κ1) is 12.6. The lowest BCUT2D eigenvalue weighted by molar-refractivity contribution is 0.101. The van der Waals surface area contributed by atoms with Crippen molar-refractivity contribution < 1.29 is 4.74 Å². The van der Waals surface area contributed by atoms with Crippen LogP contribution in [0.4, 0.5) is 5.69 Å². The van der Waals surface area contributed by atoms with E-state index in [4.69, 9.17) is 22.1 Å².